The Hall–Kier alpha value is -6.06. The zero-order chi connectivity index (χ0) is 31.8. The van der Waals surface area contributed by atoms with Crippen LogP contribution in [0, 0.1) is 0 Å². The molecule has 0 aliphatic rings. The van der Waals surface area contributed by atoms with Crippen LogP contribution in [-0.2, 0) is 27.3 Å². The van der Waals surface area contributed by atoms with Crippen molar-refractivity contribution < 1.29 is 34.5 Å². The number of phenolic OH excluding ortho intramolecular Hbond substituents is 1. The lowest BCUT2D eigenvalue weighted by molar-refractivity contribution is -0.142. The van der Waals surface area contributed by atoms with Gasteiger partial charge in [0, 0.05) is 24.1 Å². The molecule has 44 heavy (non-hydrogen) atoms. The molecule has 9 N–H and O–H groups in total. The van der Waals surface area contributed by atoms with Crippen molar-refractivity contribution in [1.29, 1.82) is 0 Å². The van der Waals surface area contributed by atoms with Crippen LogP contribution in [0.1, 0.15) is 34.5 Å². The number of carboxylic acid groups (broad SMARTS) is 2. The number of rotatable bonds is 13. The lowest BCUT2D eigenvalue weighted by Crippen LogP contribution is -2.44. The van der Waals surface area contributed by atoms with Gasteiger partial charge in [0.1, 0.15) is 17.8 Å². The van der Waals surface area contributed by atoms with Crippen LogP contribution in [0.15, 0.2) is 59.5 Å². The SMILES string of the molecule is Nc1nc2ncc(CNc3ccc(C(=O)N[C@@H](CCC(=O)N[C@@H](Cc4ccc(O)cc4)C(=O)O)C(=O)O)cc3)nc2c(=O)[nH]1. The highest BCUT2D eigenvalue weighted by Gasteiger charge is 2.24. The van der Waals surface area contributed by atoms with Gasteiger partial charge in [0.2, 0.25) is 11.9 Å². The van der Waals surface area contributed by atoms with Crippen LogP contribution in [0.5, 0.6) is 5.75 Å². The number of fused-ring (bicyclic) bond motifs is 1. The molecule has 0 fully saturated rings. The van der Waals surface area contributed by atoms with Crippen molar-refractivity contribution in [2.45, 2.75) is 37.9 Å². The molecule has 4 aromatic rings. The van der Waals surface area contributed by atoms with Crippen LogP contribution in [0.25, 0.3) is 11.2 Å². The highest BCUT2D eigenvalue weighted by atomic mass is 16.4. The second kappa shape index (κ2) is 13.7. The van der Waals surface area contributed by atoms with Crippen LogP contribution in [0.2, 0.25) is 0 Å². The number of nitrogens with zero attached hydrogens (tertiary/aromatic N) is 3. The fourth-order valence-electron chi connectivity index (χ4n) is 4.10. The first-order valence-electron chi connectivity index (χ1n) is 13.2. The van der Waals surface area contributed by atoms with E-state index in [0.717, 1.165) is 0 Å². The zero-order valence-electron chi connectivity index (χ0n) is 23.0. The summed E-state index contributed by atoms with van der Waals surface area (Å²) in [5.41, 5.74) is 6.89. The Labute approximate surface area is 248 Å². The average Bonchev–Trinajstić information content (AvgIpc) is 2.99. The molecule has 0 bridgehead atoms. The number of carbonyl (C=O) groups excluding carboxylic acids is 2. The fourth-order valence-corrected chi connectivity index (χ4v) is 4.10. The van der Waals surface area contributed by atoms with Crippen LogP contribution in [0.3, 0.4) is 0 Å². The summed E-state index contributed by atoms with van der Waals surface area (Å²) in [7, 11) is 0. The van der Waals surface area contributed by atoms with Gasteiger partial charge in [-0.1, -0.05) is 12.1 Å². The van der Waals surface area contributed by atoms with E-state index in [2.05, 4.69) is 35.9 Å². The van der Waals surface area contributed by atoms with Gasteiger partial charge in [-0.3, -0.25) is 19.4 Å². The smallest absolute Gasteiger partial charge is 0.326 e. The minimum Gasteiger partial charge on any atom is -0.508 e. The molecular formula is C28H28N8O8. The van der Waals surface area contributed by atoms with Crippen molar-refractivity contribution in [3.63, 3.8) is 0 Å². The van der Waals surface area contributed by atoms with E-state index in [1.54, 1.807) is 12.1 Å². The fraction of sp³-hybridized carbons (Fsp3) is 0.214. The number of H-pyrrole nitrogens is 1. The summed E-state index contributed by atoms with van der Waals surface area (Å²) in [4.78, 5) is 75.1. The van der Waals surface area contributed by atoms with E-state index in [-0.39, 0.29) is 54.2 Å². The minimum atomic E-state index is -1.41. The van der Waals surface area contributed by atoms with E-state index in [4.69, 9.17) is 5.73 Å². The quantitative estimate of drug-likeness (QED) is 0.103. The molecule has 0 unspecified atom stereocenters. The maximum Gasteiger partial charge on any atom is 0.326 e. The second-order valence-corrected chi connectivity index (χ2v) is 9.65. The lowest BCUT2D eigenvalue weighted by atomic mass is 10.0. The summed E-state index contributed by atoms with van der Waals surface area (Å²) in [5, 5.41) is 36.2. The third-order valence-electron chi connectivity index (χ3n) is 6.38. The third kappa shape index (κ3) is 8.25. The molecule has 228 valence electrons. The van der Waals surface area contributed by atoms with E-state index in [0.29, 0.717) is 16.9 Å². The summed E-state index contributed by atoms with van der Waals surface area (Å²) in [5.74, 6) is -4.10. The van der Waals surface area contributed by atoms with Gasteiger partial charge in [-0.25, -0.2) is 19.6 Å². The number of phenols is 1. The molecule has 2 amide bonds. The maximum absolute atomic E-state index is 12.7. The summed E-state index contributed by atoms with van der Waals surface area (Å²) in [6.07, 6.45) is 0.753. The molecule has 0 saturated heterocycles. The number of aromatic nitrogens is 4. The molecule has 16 nitrogen and oxygen atoms in total. The molecule has 4 rings (SSSR count). The number of anilines is 2. The van der Waals surface area contributed by atoms with Crippen molar-refractivity contribution >= 4 is 46.6 Å². The van der Waals surface area contributed by atoms with Crippen LogP contribution in [-0.4, -0.2) is 71.1 Å². The Bertz CT molecular complexity index is 1740. The van der Waals surface area contributed by atoms with Gasteiger partial charge in [-0.15, -0.1) is 0 Å². The highest BCUT2D eigenvalue weighted by molar-refractivity contribution is 5.97. The maximum atomic E-state index is 12.7. The number of aromatic amines is 1. The molecule has 2 aromatic heterocycles. The van der Waals surface area contributed by atoms with Gasteiger partial charge in [0.05, 0.1) is 18.4 Å². The molecule has 0 aliphatic carbocycles. The molecule has 16 heteroatoms. The van der Waals surface area contributed by atoms with Crippen LogP contribution in [0.4, 0.5) is 11.6 Å². The summed E-state index contributed by atoms with van der Waals surface area (Å²) < 4.78 is 0. The molecule has 0 spiro atoms. The third-order valence-corrected chi connectivity index (χ3v) is 6.38. The number of aromatic hydroxyl groups is 1. The molecule has 2 aromatic carbocycles. The standard InChI is InChI=1S/C28H28N8O8/c29-28-35-23-22(25(40)36-28)32-17(13-31-23)12-30-16-5-3-15(4-6-16)24(39)34-19(26(41)42)9-10-21(38)33-20(27(43)44)11-14-1-7-18(37)8-2-14/h1-8,13,19-20,30,37H,9-12H2,(H,33,38)(H,34,39)(H,41,42)(H,43,44)(H3,29,31,35,36,40)/t19-,20-/m0/s1. The molecule has 0 radical (unpaired) electrons. The van der Waals surface area contributed by atoms with Gasteiger partial charge in [0.15, 0.2) is 11.2 Å². The molecule has 0 saturated carbocycles. The molecule has 0 aliphatic heterocycles. The number of nitrogens with one attached hydrogen (secondary N) is 4. The van der Waals surface area contributed by atoms with Crippen molar-refractivity contribution in [2.75, 3.05) is 11.1 Å². The predicted molar refractivity (Wildman–Crippen MR) is 156 cm³/mol. The van der Waals surface area contributed by atoms with Crippen molar-refractivity contribution in [3.05, 3.63) is 81.9 Å². The number of hydrogen-bond donors (Lipinski definition) is 8. The number of carboxylic acids is 2. The Morgan fingerprint density at radius 3 is 2.25 bits per heavy atom. The predicted octanol–water partition coefficient (Wildman–Crippen LogP) is 0.388. The number of amides is 2. The Morgan fingerprint density at radius 1 is 0.909 bits per heavy atom. The normalized spacial score (nSPS) is 12.2. The van der Waals surface area contributed by atoms with E-state index in [1.165, 1.54) is 42.6 Å². The van der Waals surface area contributed by atoms with E-state index >= 15 is 0 Å². The Morgan fingerprint density at radius 2 is 1.59 bits per heavy atom. The van der Waals surface area contributed by atoms with Crippen molar-refractivity contribution in [3.8, 4) is 5.75 Å². The molecule has 2 atom stereocenters. The molecular weight excluding hydrogens is 576 g/mol. The topological polar surface area (TPSA) is 263 Å². The van der Waals surface area contributed by atoms with E-state index < -0.39 is 41.4 Å². The number of nitrogen functional groups attached to an aromatic ring is 1. The van der Waals surface area contributed by atoms with Gasteiger partial charge in [-0.05, 0) is 48.4 Å². The van der Waals surface area contributed by atoms with Gasteiger partial charge in [0.25, 0.3) is 11.5 Å². The molecule has 2 heterocycles. The summed E-state index contributed by atoms with van der Waals surface area (Å²) >= 11 is 0. The van der Waals surface area contributed by atoms with Crippen molar-refractivity contribution in [2.24, 2.45) is 0 Å². The number of benzene rings is 2. The van der Waals surface area contributed by atoms with Gasteiger partial charge in [-0.2, -0.15) is 4.98 Å². The Balaban J connectivity index is 1.29. The summed E-state index contributed by atoms with van der Waals surface area (Å²) in [6, 6.07) is 9.24. The number of carbonyl (C=O) groups is 4. The number of hydrogen-bond acceptors (Lipinski definition) is 11. The van der Waals surface area contributed by atoms with Crippen LogP contribution < -0.4 is 27.2 Å². The first-order chi connectivity index (χ1) is 21.0. The van der Waals surface area contributed by atoms with Crippen LogP contribution >= 0.6 is 0 Å². The number of aliphatic carboxylic acids is 2. The zero-order valence-corrected chi connectivity index (χ0v) is 23.0. The number of nitrogens with two attached hydrogens (primary N) is 1. The van der Waals surface area contributed by atoms with E-state index in [1.807, 2.05) is 0 Å². The summed E-state index contributed by atoms with van der Waals surface area (Å²) in [6.45, 7) is 0.194. The first kappa shape index (κ1) is 30.9. The average molecular weight is 605 g/mol. The van der Waals surface area contributed by atoms with Crippen molar-refractivity contribution in [1.82, 2.24) is 30.6 Å². The second-order valence-electron chi connectivity index (χ2n) is 9.65. The lowest BCUT2D eigenvalue weighted by Gasteiger charge is -2.17. The van der Waals surface area contributed by atoms with Gasteiger partial charge >= 0.3 is 11.9 Å². The highest BCUT2D eigenvalue weighted by Crippen LogP contribution is 2.14. The van der Waals surface area contributed by atoms with E-state index in [9.17, 15) is 39.3 Å². The largest absolute Gasteiger partial charge is 0.508 e. The monoisotopic (exact) mass is 604 g/mol. The first-order valence-corrected chi connectivity index (χ1v) is 13.2. The minimum absolute atomic E-state index is 0.0102. The Kier molecular flexibility index (Phi) is 9.64. The van der Waals surface area contributed by atoms with Gasteiger partial charge < -0.3 is 37.0 Å².